The van der Waals surface area contributed by atoms with Gasteiger partial charge in [0.05, 0.1) is 0 Å². The van der Waals surface area contributed by atoms with Crippen LogP contribution < -0.4 is 10.6 Å². The van der Waals surface area contributed by atoms with Gasteiger partial charge in [-0.1, -0.05) is 0 Å². The number of nitrogen functional groups attached to an aromatic ring is 1. The van der Waals surface area contributed by atoms with Gasteiger partial charge >= 0.3 is 0 Å². The van der Waals surface area contributed by atoms with E-state index in [1.807, 2.05) is 17.7 Å². The monoisotopic (exact) mass is 246 g/mol. The van der Waals surface area contributed by atoms with E-state index in [2.05, 4.69) is 33.7 Å². The van der Waals surface area contributed by atoms with Crippen molar-refractivity contribution in [2.75, 3.05) is 23.7 Å². The largest absolute Gasteiger partial charge is 0.393 e. The Balaban J connectivity index is 2.52. The molecule has 0 aliphatic rings. The van der Waals surface area contributed by atoms with Crippen molar-refractivity contribution in [3.8, 4) is 5.82 Å². The second kappa shape index (κ2) is 5.03. The van der Waals surface area contributed by atoms with Gasteiger partial charge in [0.25, 0.3) is 0 Å². The first-order chi connectivity index (χ1) is 8.69. The first kappa shape index (κ1) is 12.3. The van der Waals surface area contributed by atoms with E-state index < -0.39 is 0 Å². The van der Waals surface area contributed by atoms with Crippen LogP contribution in [0.4, 0.5) is 11.5 Å². The number of imidazole rings is 1. The average Bonchev–Trinajstić information content (AvgIpc) is 2.79. The number of anilines is 2. The Hall–Kier alpha value is -2.11. The molecule has 0 fully saturated rings. The highest BCUT2D eigenvalue weighted by atomic mass is 15.2. The van der Waals surface area contributed by atoms with Crippen LogP contribution in [0.5, 0.6) is 0 Å². The Kier molecular flexibility index (Phi) is 3.45. The van der Waals surface area contributed by atoms with Crippen LogP contribution in [0.3, 0.4) is 0 Å². The van der Waals surface area contributed by atoms with E-state index >= 15 is 0 Å². The van der Waals surface area contributed by atoms with Crippen molar-refractivity contribution in [1.82, 2.24) is 19.5 Å². The lowest BCUT2D eigenvalue weighted by Gasteiger charge is -2.22. The predicted octanol–water partition coefficient (Wildman–Crippen LogP) is 1.40. The summed E-state index contributed by atoms with van der Waals surface area (Å²) in [5.74, 6) is 2.31. The number of nitrogens with zero attached hydrogens (tertiary/aromatic N) is 5. The SMILES string of the molecule is CCN(CC)c1ncnc(-n2ccnc2C)c1N. The smallest absolute Gasteiger partial charge is 0.166 e. The molecule has 0 aliphatic heterocycles. The Morgan fingerprint density at radius 3 is 2.50 bits per heavy atom. The number of nitrogens with two attached hydrogens (primary N) is 1. The minimum absolute atomic E-state index is 0.585. The molecule has 6 heteroatoms. The fraction of sp³-hybridized carbons (Fsp3) is 0.417. The molecule has 2 heterocycles. The average molecular weight is 246 g/mol. The number of hydrogen-bond donors (Lipinski definition) is 1. The predicted molar refractivity (Wildman–Crippen MR) is 71.9 cm³/mol. The first-order valence-electron chi connectivity index (χ1n) is 6.04. The molecule has 0 amide bonds. The maximum absolute atomic E-state index is 6.18. The van der Waals surface area contributed by atoms with Gasteiger partial charge in [0.1, 0.15) is 17.8 Å². The normalized spacial score (nSPS) is 10.6. The van der Waals surface area contributed by atoms with Gasteiger partial charge in [0.15, 0.2) is 11.6 Å². The lowest BCUT2D eigenvalue weighted by atomic mass is 10.3. The Labute approximate surface area is 106 Å². The number of aromatic nitrogens is 4. The molecule has 0 saturated carbocycles. The molecule has 2 aromatic heterocycles. The van der Waals surface area contributed by atoms with E-state index in [0.29, 0.717) is 11.5 Å². The zero-order chi connectivity index (χ0) is 13.1. The molecule has 18 heavy (non-hydrogen) atoms. The molecule has 0 aliphatic carbocycles. The maximum Gasteiger partial charge on any atom is 0.166 e. The lowest BCUT2D eigenvalue weighted by molar-refractivity contribution is 0.835. The van der Waals surface area contributed by atoms with Crippen molar-refractivity contribution in [3.05, 3.63) is 24.5 Å². The fourth-order valence-corrected chi connectivity index (χ4v) is 1.95. The highest BCUT2D eigenvalue weighted by molar-refractivity contribution is 5.70. The third kappa shape index (κ3) is 2.01. The Morgan fingerprint density at radius 1 is 1.22 bits per heavy atom. The van der Waals surface area contributed by atoms with Gasteiger partial charge in [-0.15, -0.1) is 0 Å². The number of aryl methyl sites for hydroxylation is 1. The van der Waals surface area contributed by atoms with Crippen molar-refractivity contribution in [3.63, 3.8) is 0 Å². The van der Waals surface area contributed by atoms with E-state index in [0.717, 1.165) is 24.7 Å². The van der Waals surface area contributed by atoms with Gasteiger partial charge in [0.2, 0.25) is 0 Å². The molecule has 96 valence electrons. The minimum Gasteiger partial charge on any atom is -0.393 e. The summed E-state index contributed by atoms with van der Waals surface area (Å²) in [5.41, 5.74) is 6.77. The van der Waals surface area contributed by atoms with Crippen molar-refractivity contribution in [1.29, 1.82) is 0 Å². The topological polar surface area (TPSA) is 72.9 Å². The summed E-state index contributed by atoms with van der Waals surface area (Å²) in [6.07, 6.45) is 5.12. The van der Waals surface area contributed by atoms with Gasteiger partial charge in [-0.25, -0.2) is 15.0 Å². The molecule has 0 bridgehead atoms. The summed E-state index contributed by atoms with van der Waals surface area (Å²) in [4.78, 5) is 14.8. The molecule has 0 aromatic carbocycles. The Morgan fingerprint density at radius 2 is 1.94 bits per heavy atom. The van der Waals surface area contributed by atoms with E-state index in [1.165, 1.54) is 0 Å². The standard InChI is InChI=1S/C12H18N6/c1-4-17(5-2)11-10(13)12(16-8-15-11)18-7-6-14-9(18)3/h6-8H,4-5,13H2,1-3H3. The van der Waals surface area contributed by atoms with Crippen LogP contribution >= 0.6 is 0 Å². The lowest BCUT2D eigenvalue weighted by Crippen LogP contribution is -2.25. The van der Waals surface area contributed by atoms with Crippen molar-refractivity contribution in [2.24, 2.45) is 0 Å². The van der Waals surface area contributed by atoms with Crippen molar-refractivity contribution in [2.45, 2.75) is 20.8 Å². The first-order valence-corrected chi connectivity index (χ1v) is 6.04. The number of hydrogen-bond acceptors (Lipinski definition) is 5. The summed E-state index contributed by atoms with van der Waals surface area (Å²) in [6, 6.07) is 0. The zero-order valence-corrected chi connectivity index (χ0v) is 11.0. The second-order valence-electron chi connectivity index (χ2n) is 3.95. The van der Waals surface area contributed by atoms with Crippen LogP contribution in [-0.2, 0) is 0 Å². The summed E-state index contributed by atoms with van der Waals surface area (Å²) in [6.45, 7) is 7.79. The van der Waals surface area contributed by atoms with Crippen LogP contribution in [0.1, 0.15) is 19.7 Å². The van der Waals surface area contributed by atoms with Crippen LogP contribution in [0.2, 0.25) is 0 Å². The minimum atomic E-state index is 0.585. The summed E-state index contributed by atoms with van der Waals surface area (Å²) in [7, 11) is 0. The van der Waals surface area contributed by atoms with Crippen LogP contribution in [0.25, 0.3) is 5.82 Å². The molecule has 2 N–H and O–H groups in total. The molecule has 0 unspecified atom stereocenters. The quantitative estimate of drug-likeness (QED) is 0.882. The highest BCUT2D eigenvalue weighted by Crippen LogP contribution is 2.25. The van der Waals surface area contributed by atoms with Gasteiger partial charge in [0, 0.05) is 25.5 Å². The molecule has 0 atom stereocenters. The van der Waals surface area contributed by atoms with Crippen LogP contribution in [-0.4, -0.2) is 32.6 Å². The third-order valence-electron chi connectivity index (χ3n) is 2.96. The van der Waals surface area contributed by atoms with Gasteiger partial charge in [-0.3, -0.25) is 4.57 Å². The van der Waals surface area contributed by atoms with E-state index in [4.69, 9.17) is 5.73 Å². The van der Waals surface area contributed by atoms with Crippen LogP contribution in [0, 0.1) is 6.92 Å². The highest BCUT2D eigenvalue weighted by Gasteiger charge is 2.14. The van der Waals surface area contributed by atoms with Gasteiger partial charge in [-0.05, 0) is 20.8 Å². The summed E-state index contributed by atoms with van der Waals surface area (Å²) in [5, 5.41) is 0. The summed E-state index contributed by atoms with van der Waals surface area (Å²) < 4.78 is 1.87. The molecule has 0 spiro atoms. The molecular weight excluding hydrogens is 228 g/mol. The second-order valence-corrected chi connectivity index (χ2v) is 3.95. The third-order valence-corrected chi connectivity index (χ3v) is 2.96. The van der Waals surface area contributed by atoms with E-state index in [9.17, 15) is 0 Å². The summed E-state index contributed by atoms with van der Waals surface area (Å²) >= 11 is 0. The molecule has 0 radical (unpaired) electrons. The Bertz CT molecular complexity index is 529. The van der Waals surface area contributed by atoms with Crippen LogP contribution in [0.15, 0.2) is 18.7 Å². The number of rotatable bonds is 4. The van der Waals surface area contributed by atoms with Gasteiger partial charge in [-0.2, -0.15) is 0 Å². The zero-order valence-electron chi connectivity index (χ0n) is 11.0. The van der Waals surface area contributed by atoms with Crippen molar-refractivity contribution >= 4 is 11.5 Å². The molecule has 6 nitrogen and oxygen atoms in total. The molecule has 0 saturated heterocycles. The van der Waals surface area contributed by atoms with Crippen molar-refractivity contribution < 1.29 is 0 Å². The molecule has 2 rings (SSSR count). The van der Waals surface area contributed by atoms with E-state index in [1.54, 1.807) is 12.5 Å². The van der Waals surface area contributed by atoms with E-state index in [-0.39, 0.29) is 0 Å². The molecular formula is C12H18N6. The molecule has 2 aromatic rings. The fourth-order valence-electron chi connectivity index (χ4n) is 1.95. The van der Waals surface area contributed by atoms with Gasteiger partial charge < -0.3 is 10.6 Å². The maximum atomic E-state index is 6.18.